The van der Waals surface area contributed by atoms with Crippen LogP contribution in [0.1, 0.15) is 63.5 Å². The molecule has 4 rings (SSSR count). The zero-order valence-corrected chi connectivity index (χ0v) is 18.5. The Morgan fingerprint density at radius 1 is 0.897 bits per heavy atom. The van der Waals surface area contributed by atoms with Crippen LogP contribution in [0.4, 0.5) is 0 Å². The van der Waals surface area contributed by atoms with E-state index in [1.165, 1.54) is 0 Å². The molecular formula is C24H24Cl2O3. The molecule has 29 heavy (non-hydrogen) atoms. The molecule has 0 radical (unpaired) electrons. The Bertz CT molecular complexity index is 993. The van der Waals surface area contributed by atoms with Gasteiger partial charge in [-0.2, -0.15) is 0 Å². The van der Waals surface area contributed by atoms with Gasteiger partial charge in [0.25, 0.3) is 0 Å². The van der Waals surface area contributed by atoms with E-state index >= 15 is 0 Å². The molecule has 1 saturated heterocycles. The fourth-order valence-electron chi connectivity index (χ4n) is 4.32. The average Bonchev–Trinajstić information content (AvgIpc) is 3.47. The molecule has 1 heterocycles. The lowest BCUT2D eigenvalue weighted by atomic mass is 9.73. The van der Waals surface area contributed by atoms with Gasteiger partial charge >= 0.3 is 0 Å². The van der Waals surface area contributed by atoms with E-state index in [-0.39, 0.29) is 11.6 Å². The van der Waals surface area contributed by atoms with Crippen LogP contribution in [-0.4, -0.2) is 22.8 Å². The molecule has 0 bridgehead atoms. The number of ether oxygens (including phenoxy) is 1. The molecule has 0 amide bonds. The van der Waals surface area contributed by atoms with Crippen LogP contribution in [0.3, 0.4) is 0 Å². The van der Waals surface area contributed by atoms with Crippen LogP contribution in [-0.2, 0) is 14.3 Å². The maximum absolute atomic E-state index is 13.3. The van der Waals surface area contributed by atoms with E-state index in [0.29, 0.717) is 16.0 Å². The van der Waals surface area contributed by atoms with Crippen LogP contribution in [0.2, 0.25) is 10.0 Å². The number of halogens is 2. The van der Waals surface area contributed by atoms with Gasteiger partial charge in [-0.3, -0.25) is 9.59 Å². The molecule has 2 fully saturated rings. The Morgan fingerprint density at radius 3 is 2.10 bits per heavy atom. The first-order valence-corrected chi connectivity index (χ1v) is 10.7. The van der Waals surface area contributed by atoms with E-state index in [1.54, 1.807) is 33.8 Å². The largest absolute Gasteiger partial charge is 0.354 e. The molecular weight excluding hydrogens is 407 g/mol. The number of carbonyl (C=O) groups is 2. The second-order valence-electron chi connectivity index (χ2n) is 9.00. The van der Waals surface area contributed by atoms with Gasteiger partial charge in [-0.15, -0.1) is 0 Å². The van der Waals surface area contributed by atoms with Gasteiger partial charge in [-0.1, -0.05) is 47.5 Å². The van der Waals surface area contributed by atoms with Crippen LogP contribution in [0.15, 0.2) is 36.4 Å². The van der Waals surface area contributed by atoms with E-state index in [4.69, 9.17) is 27.9 Å². The molecule has 1 aliphatic carbocycles. The van der Waals surface area contributed by atoms with E-state index in [2.05, 4.69) is 0 Å². The van der Waals surface area contributed by atoms with Crippen molar-refractivity contribution >= 4 is 34.8 Å². The minimum absolute atomic E-state index is 0.196. The summed E-state index contributed by atoms with van der Waals surface area (Å²) in [6.45, 7) is 6.96. The lowest BCUT2D eigenvalue weighted by Gasteiger charge is -2.43. The van der Waals surface area contributed by atoms with Gasteiger partial charge in [0, 0.05) is 5.56 Å². The molecule has 2 aromatic rings. The molecule has 2 aromatic carbocycles. The zero-order valence-electron chi connectivity index (χ0n) is 17.0. The first-order valence-electron chi connectivity index (χ1n) is 9.90. The number of carbonyl (C=O) groups excluding carboxylic acids is 2. The van der Waals surface area contributed by atoms with Crippen molar-refractivity contribution < 1.29 is 14.3 Å². The van der Waals surface area contributed by atoms with Crippen molar-refractivity contribution in [1.29, 1.82) is 0 Å². The first kappa shape index (κ1) is 20.6. The third-order valence-corrected chi connectivity index (χ3v) is 6.72. The van der Waals surface area contributed by atoms with Crippen molar-refractivity contribution in [3.05, 3.63) is 57.6 Å². The molecule has 3 nitrogen and oxygen atoms in total. The summed E-state index contributed by atoms with van der Waals surface area (Å²) >= 11 is 12.7. The highest BCUT2D eigenvalue weighted by molar-refractivity contribution is 6.43. The summed E-state index contributed by atoms with van der Waals surface area (Å²) in [5.74, 6) is -0.845. The zero-order chi connectivity index (χ0) is 21.1. The molecule has 0 spiro atoms. The number of hydrogen-bond donors (Lipinski definition) is 0. The van der Waals surface area contributed by atoms with Crippen LogP contribution in [0.25, 0.3) is 11.1 Å². The highest BCUT2D eigenvalue weighted by atomic mass is 35.5. The van der Waals surface area contributed by atoms with E-state index in [1.807, 2.05) is 30.3 Å². The van der Waals surface area contributed by atoms with Gasteiger partial charge in [0.15, 0.2) is 11.6 Å². The number of Topliss-reactive ketones (excluding diaryl/α,β-unsaturated/α-hetero) is 2. The van der Waals surface area contributed by atoms with Gasteiger partial charge in [-0.25, -0.2) is 0 Å². The molecule has 1 saturated carbocycles. The summed E-state index contributed by atoms with van der Waals surface area (Å²) < 4.78 is 5.87. The summed E-state index contributed by atoms with van der Waals surface area (Å²) in [6, 6.07) is 11.5. The van der Waals surface area contributed by atoms with Gasteiger partial charge in [0.2, 0.25) is 0 Å². The smallest absolute Gasteiger partial charge is 0.179 e. The van der Waals surface area contributed by atoms with Crippen LogP contribution in [0, 0.1) is 0 Å². The van der Waals surface area contributed by atoms with Gasteiger partial charge in [-0.05, 0) is 75.3 Å². The van der Waals surface area contributed by atoms with Crippen molar-refractivity contribution in [3.63, 3.8) is 0 Å². The fourth-order valence-corrected chi connectivity index (χ4v) is 4.73. The van der Waals surface area contributed by atoms with E-state index in [9.17, 15) is 9.59 Å². The molecule has 0 unspecified atom stereocenters. The number of rotatable bonds is 3. The van der Waals surface area contributed by atoms with Crippen LogP contribution < -0.4 is 0 Å². The quantitative estimate of drug-likeness (QED) is 0.532. The average molecular weight is 431 g/mol. The van der Waals surface area contributed by atoms with Gasteiger partial charge in [0.1, 0.15) is 17.1 Å². The maximum atomic E-state index is 13.3. The SMILES string of the molecule is CC1(C)OC(C)(C)C(=O)C(c2cc(-c3cccc(Cl)c3Cl)ccc2C2CC2)C1=O. The Labute approximate surface area is 181 Å². The predicted octanol–water partition coefficient (Wildman–Crippen LogP) is 6.35. The lowest BCUT2D eigenvalue weighted by Crippen LogP contribution is -2.58. The van der Waals surface area contributed by atoms with Crippen molar-refractivity contribution in [3.8, 4) is 11.1 Å². The lowest BCUT2D eigenvalue weighted by molar-refractivity contribution is -0.184. The topological polar surface area (TPSA) is 43.4 Å². The summed E-state index contributed by atoms with van der Waals surface area (Å²) in [7, 11) is 0. The molecule has 1 aliphatic heterocycles. The fraction of sp³-hybridized carbons (Fsp3) is 0.417. The molecule has 5 heteroatoms. The minimum atomic E-state index is -1.04. The van der Waals surface area contributed by atoms with E-state index in [0.717, 1.165) is 35.1 Å². The summed E-state index contributed by atoms with van der Waals surface area (Å²) in [5, 5.41) is 0.932. The molecule has 0 aromatic heterocycles. The van der Waals surface area contributed by atoms with E-state index < -0.39 is 17.1 Å². The highest BCUT2D eigenvalue weighted by Gasteiger charge is 2.53. The Kier molecular flexibility index (Phi) is 4.92. The van der Waals surface area contributed by atoms with Crippen molar-refractivity contribution in [2.45, 2.75) is 63.6 Å². The first-order chi connectivity index (χ1) is 13.5. The van der Waals surface area contributed by atoms with Crippen molar-refractivity contribution in [1.82, 2.24) is 0 Å². The standard InChI is InChI=1S/C24H24Cl2O3/c1-23(2)21(27)19(22(28)24(3,4)29-23)17-12-14(10-11-15(17)13-8-9-13)16-6-5-7-18(25)20(16)26/h5-7,10-13,19H,8-9H2,1-4H3. The second kappa shape index (κ2) is 6.94. The van der Waals surface area contributed by atoms with Crippen molar-refractivity contribution in [2.75, 3.05) is 0 Å². The van der Waals surface area contributed by atoms with Crippen LogP contribution in [0.5, 0.6) is 0 Å². The Morgan fingerprint density at radius 2 is 1.52 bits per heavy atom. The third-order valence-electron chi connectivity index (χ3n) is 5.90. The van der Waals surface area contributed by atoms with Crippen LogP contribution >= 0.6 is 23.2 Å². The highest BCUT2D eigenvalue weighted by Crippen LogP contribution is 2.48. The number of benzene rings is 2. The third kappa shape index (κ3) is 3.54. The summed E-state index contributed by atoms with van der Waals surface area (Å²) in [4.78, 5) is 26.6. The number of hydrogen-bond acceptors (Lipinski definition) is 3. The monoisotopic (exact) mass is 430 g/mol. The van der Waals surface area contributed by atoms with Gasteiger partial charge < -0.3 is 4.74 Å². The molecule has 0 N–H and O–H groups in total. The Hall–Kier alpha value is -1.68. The minimum Gasteiger partial charge on any atom is -0.354 e. The second-order valence-corrected chi connectivity index (χ2v) is 9.79. The molecule has 152 valence electrons. The molecule has 0 atom stereocenters. The normalized spacial score (nSPS) is 21.4. The van der Waals surface area contributed by atoms with Crippen molar-refractivity contribution in [2.24, 2.45) is 0 Å². The number of ketones is 2. The van der Waals surface area contributed by atoms with Gasteiger partial charge in [0.05, 0.1) is 10.0 Å². The predicted molar refractivity (Wildman–Crippen MR) is 116 cm³/mol. The summed E-state index contributed by atoms with van der Waals surface area (Å²) in [5.41, 5.74) is 1.42. The summed E-state index contributed by atoms with van der Waals surface area (Å²) in [6.07, 6.45) is 2.14. The molecule has 2 aliphatic rings. The Balaban J connectivity index is 1.90. The maximum Gasteiger partial charge on any atom is 0.179 e.